The van der Waals surface area contributed by atoms with Gasteiger partial charge in [-0.3, -0.25) is 10.1 Å². The number of hydrogen-bond acceptors (Lipinski definition) is 4. The maximum Gasteiger partial charge on any atom is 0.275 e. The van der Waals surface area contributed by atoms with E-state index < -0.39 is 14.7 Å². The third kappa shape index (κ3) is 7.81. The summed E-state index contributed by atoms with van der Waals surface area (Å²) < 4.78 is -2.28. The number of hydrogen-bond donors (Lipinski definition) is 1. The minimum atomic E-state index is -2.28. The summed E-state index contributed by atoms with van der Waals surface area (Å²) >= 11 is 14.2. The topological polar surface area (TPSA) is 142 Å². The molecule has 1 aromatic carbocycles. The Kier molecular flexibility index (Phi) is 8.65. The van der Waals surface area contributed by atoms with Crippen molar-refractivity contribution in [3.05, 3.63) is 33.9 Å². The normalized spacial score (nSPS) is 9.74. The quantitative estimate of drug-likeness (QED) is 0.440. The second kappa shape index (κ2) is 8.13. The van der Waals surface area contributed by atoms with Gasteiger partial charge in [-0.05, 0) is 13.0 Å². The number of carbonyl (C=O) groups is 1. The predicted molar refractivity (Wildman–Crippen MR) is 69.3 cm³/mol. The average molecular weight is 334 g/mol. The molecule has 0 aliphatic carbocycles. The van der Waals surface area contributed by atoms with Crippen LogP contribution in [0.5, 0.6) is 0 Å². The fourth-order valence-corrected chi connectivity index (χ4v) is 0.771. The minimum Gasteiger partial charge on any atom is -0.545 e. The number of nitro groups is 1. The van der Waals surface area contributed by atoms with E-state index in [0.29, 0.717) is 5.69 Å². The lowest BCUT2D eigenvalue weighted by Crippen LogP contribution is -2.41. The fraction of sp³-hybridized carbons (Fsp3) is 0.222. The minimum absolute atomic E-state index is 0. The average Bonchev–Trinajstić information content (AvgIpc) is 2.21. The van der Waals surface area contributed by atoms with Gasteiger partial charge < -0.3 is 21.1 Å². The van der Waals surface area contributed by atoms with Crippen molar-refractivity contribution in [3.8, 4) is 0 Å². The largest absolute Gasteiger partial charge is 0.545 e. The van der Waals surface area contributed by atoms with Crippen molar-refractivity contribution in [2.75, 3.05) is 0 Å². The van der Waals surface area contributed by atoms with Gasteiger partial charge in [0.1, 0.15) is 5.69 Å². The molecule has 1 aromatic rings. The Hall–Kier alpha value is -1.12. The number of benzene rings is 1. The predicted octanol–water partition coefficient (Wildman–Crippen LogP) is 0.0584. The van der Waals surface area contributed by atoms with Crippen molar-refractivity contribution in [1.29, 1.82) is 0 Å². The number of alkyl halides is 3. The molecule has 0 aliphatic heterocycles. The lowest BCUT2D eigenvalue weighted by Gasteiger charge is -2.09. The van der Waals surface area contributed by atoms with Crippen molar-refractivity contribution in [2.45, 2.75) is 10.7 Å². The smallest absolute Gasteiger partial charge is 0.275 e. The molecule has 1 rings (SSSR count). The molecule has 0 aliphatic rings. The van der Waals surface area contributed by atoms with Gasteiger partial charge in [0.05, 0.1) is 17.0 Å². The van der Waals surface area contributed by atoms with Crippen molar-refractivity contribution in [2.24, 2.45) is 0 Å². The lowest BCUT2D eigenvalue weighted by molar-refractivity contribution is -0.385. The third-order valence-corrected chi connectivity index (χ3v) is 2.24. The molecule has 0 bridgehead atoms. The fourth-order valence-electron chi connectivity index (χ4n) is 0.771. The summed E-state index contributed by atoms with van der Waals surface area (Å²) in [7, 11) is 0. The van der Waals surface area contributed by atoms with E-state index in [1.165, 1.54) is 12.1 Å². The molecular weight excluding hydrogens is 322 g/mol. The first-order valence-electron chi connectivity index (χ1n) is 4.41. The molecule has 108 valence electrons. The summed E-state index contributed by atoms with van der Waals surface area (Å²) in [6.07, 6.45) is 0. The number of carboxylic acid groups (broad SMARTS) is 1. The molecule has 0 unspecified atom stereocenters. The van der Waals surface area contributed by atoms with E-state index >= 15 is 0 Å². The monoisotopic (exact) mass is 332 g/mol. The number of carbonyl (C=O) groups excluding carboxylic acids is 1. The van der Waals surface area contributed by atoms with Gasteiger partial charge >= 0.3 is 0 Å². The van der Waals surface area contributed by atoms with E-state index in [9.17, 15) is 20.0 Å². The lowest BCUT2D eigenvalue weighted by atomic mass is 10.2. The van der Waals surface area contributed by atoms with E-state index in [2.05, 4.69) is 5.73 Å². The maximum atomic E-state index is 10.2. The van der Waals surface area contributed by atoms with Crippen LogP contribution in [0.25, 0.3) is 0 Å². The summed E-state index contributed by atoms with van der Waals surface area (Å²) in [5.41, 5.74) is 5.43. The summed E-state index contributed by atoms with van der Waals surface area (Å²) in [6, 6.07) is 4.64. The number of nitrogens with zero attached hydrogens (tertiary/aromatic N) is 1. The second-order valence-corrected chi connectivity index (χ2v) is 5.43. The number of rotatable bonds is 1. The van der Waals surface area contributed by atoms with Crippen LogP contribution >= 0.6 is 34.8 Å². The van der Waals surface area contributed by atoms with E-state index in [1.54, 1.807) is 6.07 Å². The number of aliphatic carboxylic acids is 1. The third-order valence-electron chi connectivity index (χ3n) is 1.77. The first kappa shape index (κ1) is 20.2. The SMILES string of the molecule is Cc1ccc([N+](=O)[O-])cc1[NH3+].O.O=C([O-])C(Cl)(Cl)Cl. The Balaban J connectivity index is 0. The molecule has 10 heteroatoms. The van der Waals surface area contributed by atoms with E-state index in [1.807, 2.05) is 6.92 Å². The first-order valence-corrected chi connectivity index (χ1v) is 5.54. The van der Waals surface area contributed by atoms with Crippen LogP contribution in [0.3, 0.4) is 0 Å². The summed E-state index contributed by atoms with van der Waals surface area (Å²) in [6.45, 7) is 1.87. The number of nitro benzene ring substituents is 1. The van der Waals surface area contributed by atoms with Crippen molar-refractivity contribution >= 4 is 52.1 Å². The van der Waals surface area contributed by atoms with Crippen LogP contribution in [0, 0.1) is 17.0 Å². The molecule has 0 atom stereocenters. The molecule has 0 amide bonds. The zero-order valence-electron chi connectivity index (χ0n) is 9.65. The molecule has 0 radical (unpaired) electrons. The van der Waals surface area contributed by atoms with Gasteiger partial charge in [0.15, 0.2) is 0 Å². The highest BCUT2D eigenvalue weighted by Gasteiger charge is 2.20. The molecule has 0 saturated carbocycles. The highest BCUT2D eigenvalue weighted by Crippen LogP contribution is 2.24. The van der Waals surface area contributed by atoms with Crippen LogP contribution in [0.15, 0.2) is 18.2 Å². The Morgan fingerprint density at radius 1 is 1.37 bits per heavy atom. The van der Waals surface area contributed by atoms with Crippen molar-refractivity contribution < 1.29 is 26.0 Å². The van der Waals surface area contributed by atoms with Gasteiger partial charge in [-0.1, -0.05) is 34.8 Å². The number of non-ortho nitro benzene ring substituents is 1. The van der Waals surface area contributed by atoms with Gasteiger partial charge in [0, 0.05) is 11.6 Å². The zero-order valence-corrected chi connectivity index (χ0v) is 11.9. The van der Waals surface area contributed by atoms with Crippen LogP contribution in [-0.4, -0.2) is 20.2 Å². The van der Waals surface area contributed by atoms with Gasteiger partial charge in [-0.25, -0.2) is 0 Å². The van der Waals surface area contributed by atoms with E-state index in [-0.39, 0.29) is 11.2 Å². The number of aryl methyl sites for hydroxylation is 1. The molecule has 5 N–H and O–H groups in total. The molecule has 0 fully saturated rings. The molecular formula is C9H11Cl3N2O5. The van der Waals surface area contributed by atoms with Crippen LogP contribution in [0.1, 0.15) is 5.56 Å². The van der Waals surface area contributed by atoms with Gasteiger partial charge in [0.2, 0.25) is 3.79 Å². The standard InChI is InChI=1S/C7H8N2O2.C2HCl3O2.H2O/c1-5-2-3-6(9(10)11)4-7(5)8;3-2(4,5)1(6)7;/h2-4H,8H2,1H3;(H,6,7);1H2. The van der Waals surface area contributed by atoms with Crippen LogP contribution in [0.4, 0.5) is 11.4 Å². The Morgan fingerprint density at radius 2 is 1.79 bits per heavy atom. The second-order valence-electron chi connectivity index (χ2n) is 3.15. The summed E-state index contributed by atoms with van der Waals surface area (Å²) in [5, 5.41) is 19.8. The summed E-state index contributed by atoms with van der Waals surface area (Å²) in [4.78, 5) is 19.3. The van der Waals surface area contributed by atoms with Gasteiger partial charge in [0.25, 0.3) is 5.69 Å². The molecule has 0 heterocycles. The van der Waals surface area contributed by atoms with E-state index in [4.69, 9.17) is 34.8 Å². The van der Waals surface area contributed by atoms with Crippen LogP contribution in [0.2, 0.25) is 0 Å². The Morgan fingerprint density at radius 3 is 2.05 bits per heavy atom. The molecule has 0 spiro atoms. The number of quaternary nitrogens is 1. The van der Waals surface area contributed by atoms with E-state index in [0.717, 1.165) is 5.56 Å². The highest BCUT2D eigenvalue weighted by molar-refractivity contribution is 6.75. The molecule has 0 saturated heterocycles. The van der Waals surface area contributed by atoms with Gasteiger partial charge in [-0.15, -0.1) is 0 Å². The first-order chi connectivity index (χ1) is 8.05. The Labute approximate surface area is 123 Å². The van der Waals surface area contributed by atoms with Crippen molar-refractivity contribution in [1.82, 2.24) is 0 Å². The molecule has 19 heavy (non-hydrogen) atoms. The number of halogens is 3. The van der Waals surface area contributed by atoms with Gasteiger partial charge in [-0.2, -0.15) is 0 Å². The zero-order chi connectivity index (χ0) is 14.5. The molecule has 7 nitrogen and oxygen atoms in total. The number of carboxylic acids is 1. The van der Waals surface area contributed by atoms with Crippen molar-refractivity contribution in [3.63, 3.8) is 0 Å². The van der Waals surface area contributed by atoms with Crippen LogP contribution < -0.4 is 10.8 Å². The maximum absolute atomic E-state index is 10.2. The molecule has 0 aromatic heterocycles. The highest BCUT2D eigenvalue weighted by atomic mass is 35.6. The summed E-state index contributed by atoms with van der Waals surface area (Å²) in [5.74, 6) is -1.71. The van der Waals surface area contributed by atoms with Crippen LogP contribution in [-0.2, 0) is 4.79 Å². The Bertz CT molecular complexity index is 462.